The number of halogens is 2. The van der Waals surface area contributed by atoms with Crippen LogP contribution in [0.2, 0.25) is 0 Å². The molecular formula is C20H23F2N3O2. The molecule has 1 saturated heterocycles. The van der Waals surface area contributed by atoms with E-state index >= 15 is 0 Å². The van der Waals surface area contributed by atoms with E-state index in [0.29, 0.717) is 6.54 Å². The van der Waals surface area contributed by atoms with Gasteiger partial charge >= 0.3 is 0 Å². The molecule has 1 fully saturated rings. The van der Waals surface area contributed by atoms with Crippen molar-refractivity contribution in [3.63, 3.8) is 0 Å². The second-order valence-electron chi connectivity index (χ2n) is 6.54. The maximum atomic E-state index is 13.7. The molecule has 0 radical (unpaired) electrons. The number of benzene rings is 1. The third-order valence-corrected chi connectivity index (χ3v) is 4.61. The number of rotatable bonds is 6. The summed E-state index contributed by atoms with van der Waals surface area (Å²) in [6.07, 6.45) is 4.39. The van der Waals surface area contributed by atoms with Gasteiger partial charge in [0.25, 0.3) is 5.91 Å². The lowest BCUT2D eigenvalue weighted by molar-refractivity contribution is -0.136. The SMILES string of the molecule is O=C(COc1ccc(F)cc1F)N(Cc1ccccn1)C1CCCNCC1. The van der Waals surface area contributed by atoms with Crippen LogP contribution in [0.5, 0.6) is 5.75 Å². The zero-order valence-electron chi connectivity index (χ0n) is 15.0. The van der Waals surface area contributed by atoms with Gasteiger partial charge in [-0.15, -0.1) is 0 Å². The monoisotopic (exact) mass is 375 g/mol. The highest BCUT2D eigenvalue weighted by atomic mass is 19.1. The molecule has 2 heterocycles. The molecule has 1 amide bonds. The van der Waals surface area contributed by atoms with Crippen LogP contribution in [0.25, 0.3) is 0 Å². The van der Waals surface area contributed by atoms with Gasteiger partial charge in [-0.1, -0.05) is 6.07 Å². The quantitative estimate of drug-likeness (QED) is 0.844. The Morgan fingerprint density at radius 2 is 2.11 bits per heavy atom. The van der Waals surface area contributed by atoms with Gasteiger partial charge in [-0.3, -0.25) is 9.78 Å². The van der Waals surface area contributed by atoms with E-state index in [4.69, 9.17) is 4.74 Å². The molecule has 0 saturated carbocycles. The van der Waals surface area contributed by atoms with Gasteiger partial charge < -0.3 is 15.0 Å². The molecule has 1 aromatic carbocycles. The zero-order valence-corrected chi connectivity index (χ0v) is 15.0. The molecule has 7 heteroatoms. The molecule has 1 aromatic heterocycles. The van der Waals surface area contributed by atoms with Gasteiger partial charge in [0.1, 0.15) is 5.82 Å². The van der Waals surface area contributed by atoms with Gasteiger partial charge in [0, 0.05) is 18.3 Å². The Morgan fingerprint density at radius 3 is 2.89 bits per heavy atom. The number of ether oxygens (including phenoxy) is 1. The van der Waals surface area contributed by atoms with Crippen LogP contribution in [-0.2, 0) is 11.3 Å². The van der Waals surface area contributed by atoms with Gasteiger partial charge in [0.2, 0.25) is 0 Å². The largest absolute Gasteiger partial charge is 0.481 e. The molecule has 1 aliphatic heterocycles. The average molecular weight is 375 g/mol. The topological polar surface area (TPSA) is 54.5 Å². The third kappa shape index (κ3) is 5.47. The molecule has 27 heavy (non-hydrogen) atoms. The van der Waals surface area contributed by atoms with Gasteiger partial charge in [0.05, 0.1) is 12.2 Å². The van der Waals surface area contributed by atoms with E-state index in [1.54, 1.807) is 11.1 Å². The number of amides is 1. The highest BCUT2D eigenvalue weighted by Gasteiger charge is 2.25. The van der Waals surface area contributed by atoms with Gasteiger partial charge in [0.15, 0.2) is 18.2 Å². The van der Waals surface area contributed by atoms with E-state index in [1.807, 2.05) is 18.2 Å². The normalized spacial score (nSPS) is 17.2. The second kappa shape index (κ2) is 9.41. The predicted octanol–water partition coefficient (Wildman–Crippen LogP) is 2.91. The Kier molecular flexibility index (Phi) is 6.70. The third-order valence-electron chi connectivity index (χ3n) is 4.61. The number of nitrogens with one attached hydrogen (secondary N) is 1. The van der Waals surface area contributed by atoms with Crippen molar-refractivity contribution in [3.8, 4) is 5.75 Å². The average Bonchev–Trinajstić information content (AvgIpc) is 2.95. The van der Waals surface area contributed by atoms with Crippen molar-refractivity contribution in [3.05, 3.63) is 59.9 Å². The van der Waals surface area contributed by atoms with Crippen LogP contribution in [0, 0.1) is 11.6 Å². The fraction of sp³-hybridized carbons (Fsp3) is 0.400. The molecule has 0 spiro atoms. The molecule has 1 atom stereocenters. The number of carbonyl (C=O) groups is 1. The van der Waals surface area contributed by atoms with E-state index in [-0.39, 0.29) is 24.3 Å². The minimum absolute atomic E-state index is 0.0659. The second-order valence-corrected chi connectivity index (χ2v) is 6.54. The van der Waals surface area contributed by atoms with Crippen molar-refractivity contribution in [2.24, 2.45) is 0 Å². The Bertz CT molecular complexity index is 750. The molecular weight excluding hydrogens is 352 g/mol. The summed E-state index contributed by atoms with van der Waals surface area (Å²) in [6.45, 7) is 1.84. The number of hydrogen-bond donors (Lipinski definition) is 1. The molecule has 5 nitrogen and oxygen atoms in total. The predicted molar refractivity (Wildman–Crippen MR) is 97.1 cm³/mol. The summed E-state index contributed by atoms with van der Waals surface area (Å²) in [4.78, 5) is 18.9. The summed E-state index contributed by atoms with van der Waals surface area (Å²) in [5.74, 6) is -1.88. The van der Waals surface area contributed by atoms with Crippen molar-refractivity contribution < 1.29 is 18.3 Å². The first-order chi connectivity index (χ1) is 13.1. The van der Waals surface area contributed by atoms with Crippen LogP contribution in [-0.4, -0.2) is 41.5 Å². The molecule has 0 bridgehead atoms. The van der Waals surface area contributed by atoms with Crippen LogP contribution >= 0.6 is 0 Å². The smallest absolute Gasteiger partial charge is 0.261 e. The fourth-order valence-corrected chi connectivity index (χ4v) is 3.21. The Labute approximate surface area is 157 Å². The molecule has 1 aliphatic rings. The molecule has 1 unspecified atom stereocenters. The zero-order chi connectivity index (χ0) is 19.1. The first kappa shape index (κ1) is 19.2. The number of pyridine rings is 1. The van der Waals surface area contributed by atoms with E-state index in [1.165, 1.54) is 6.07 Å². The number of nitrogens with zero attached hydrogens (tertiary/aromatic N) is 2. The molecule has 2 aromatic rings. The Morgan fingerprint density at radius 1 is 1.22 bits per heavy atom. The Hall–Kier alpha value is -2.54. The minimum Gasteiger partial charge on any atom is -0.481 e. The standard InChI is InChI=1S/C20H23F2N3O2/c21-15-6-7-19(18(22)12-15)27-14-20(26)25(13-16-4-1-2-10-24-16)17-5-3-9-23-11-8-17/h1-2,4,6-7,10,12,17,23H,3,5,8-9,11,13-14H2. The summed E-state index contributed by atoms with van der Waals surface area (Å²) in [5.41, 5.74) is 0.788. The van der Waals surface area contributed by atoms with Gasteiger partial charge in [-0.05, 0) is 56.6 Å². The van der Waals surface area contributed by atoms with Crippen molar-refractivity contribution >= 4 is 5.91 Å². The van der Waals surface area contributed by atoms with Gasteiger partial charge in [-0.2, -0.15) is 0 Å². The van der Waals surface area contributed by atoms with Crippen LogP contribution in [0.15, 0.2) is 42.6 Å². The molecule has 144 valence electrons. The van der Waals surface area contributed by atoms with Crippen LogP contribution in [0.1, 0.15) is 25.0 Å². The summed E-state index contributed by atoms with van der Waals surface area (Å²) < 4.78 is 32.1. The summed E-state index contributed by atoms with van der Waals surface area (Å²) in [7, 11) is 0. The first-order valence-corrected chi connectivity index (χ1v) is 9.11. The fourth-order valence-electron chi connectivity index (χ4n) is 3.21. The summed E-state index contributed by atoms with van der Waals surface area (Å²) >= 11 is 0. The van der Waals surface area contributed by atoms with E-state index in [0.717, 1.165) is 50.2 Å². The first-order valence-electron chi connectivity index (χ1n) is 9.11. The van der Waals surface area contributed by atoms with Crippen molar-refractivity contribution in [2.75, 3.05) is 19.7 Å². The maximum absolute atomic E-state index is 13.7. The lowest BCUT2D eigenvalue weighted by atomic mass is 10.1. The maximum Gasteiger partial charge on any atom is 0.261 e. The number of hydrogen-bond acceptors (Lipinski definition) is 4. The number of aromatic nitrogens is 1. The summed E-state index contributed by atoms with van der Waals surface area (Å²) in [5, 5.41) is 3.34. The van der Waals surface area contributed by atoms with Gasteiger partial charge in [-0.25, -0.2) is 8.78 Å². The van der Waals surface area contributed by atoms with E-state index in [2.05, 4.69) is 10.3 Å². The lowest BCUT2D eigenvalue weighted by Gasteiger charge is -2.31. The van der Waals surface area contributed by atoms with Crippen LogP contribution in [0.3, 0.4) is 0 Å². The highest BCUT2D eigenvalue weighted by molar-refractivity contribution is 5.78. The van der Waals surface area contributed by atoms with Crippen molar-refractivity contribution in [2.45, 2.75) is 31.8 Å². The highest BCUT2D eigenvalue weighted by Crippen LogP contribution is 2.20. The summed E-state index contributed by atoms with van der Waals surface area (Å²) in [6, 6.07) is 8.67. The van der Waals surface area contributed by atoms with E-state index < -0.39 is 11.6 Å². The minimum atomic E-state index is -0.822. The molecule has 0 aliphatic carbocycles. The van der Waals surface area contributed by atoms with E-state index in [9.17, 15) is 13.6 Å². The van der Waals surface area contributed by atoms with Crippen molar-refractivity contribution in [1.82, 2.24) is 15.2 Å². The number of carbonyl (C=O) groups excluding carboxylic acids is 1. The van der Waals surface area contributed by atoms with Crippen LogP contribution in [0.4, 0.5) is 8.78 Å². The van der Waals surface area contributed by atoms with Crippen molar-refractivity contribution in [1.29, 1.82) is 0 Å². The molecule has 1 N–H and O–H groups in total. The molecule has 3 rings (SSSR count). The van der Waals surface area contributed by atoms with Crippen LogP contribution < -0.4 is 10.1 Å². The Balaban J connectivity index is 1.71. The lowest BCUT2D eigenvalue weighted by Crippen LogP contribution is -2.43.